The quantitative estimate of drug-likeness (QED) is 0.187. The zero-order valence-electron chi connectivity index (χ0n) is 27.5. The summed E-state index contributed by atoms with van der Waals surface area (Å²) < 4.78 is 41.2. The van der Waals surface area contributed by atoms with Crippen molar-refractivity contribution in [3.05, 3.63) is 83.7 Å². The highest BCUT2D eigenvalue weighted by Crippen LogP contribution is 2.48. The van der Waals surface area contributed by atoms with Crippen LogP contribution in [-0.2, 0) is 16.6 Å². The molecule has 2 amide bonds. The van der Waals surface area contributed by atoms with E-state index in [0.29, 0.717) is 33.9 Å². The molecule has 4 aromatic heterocycles. The smallest absolute Gasteiger partial charge is 0.257 e. The Morgan fingerprint density at radius 2 is 1.90 bits per heavy atom. The summed E-state index contributed by atoms with van der Waals surface area (Å²) in [6.07, 6.45) is 1.30. The molecule has 2 aromatic carbocycles. The third-order valence-electron chi connectivity index (χ3n) is 9.13. The average molecular weight is 682 g/mol. The van der Waals surface area contributed by atoms with Crippen LogP contribution in [0.1, 0.15) is 37.4 Å². The number of imidazole rings is 1. The third-order valence-corrected chi connectivity index (χ3v) is 10.1. The number of aromatic nitrogens is 5. The van der Waals surface area contributed by atoms with E-state index in [0.717, 1.165) is 45.6 Å². The molecule has 0 saturated heterocycles. The van der Waals surface area contributed by atoms with Gasteiger partial charge in [-0.1, -0.05) is 12.6 Å². The Kier molecular flexibility index (Phi) is 8.02. The van der Waals surface area contributed by atoms with Crippen molar-refractivity contribution in [2.24, 2.45) is 7.05 Å². The van der Waals surface area contributed by atoms with Gasteiger partial charge in [-0.25, -0.2) is 18.7 Å². The van der Waals surface area contributed by atoms with Crippen LogP contribution < -0.4 is 10.1 Å². The molecule has 0 radical (unpaired) electrons. The molecule has 0 aliphatic carbocycles. The van der Waals surface area contributed by atoms with Crippen molar-refractivity contribution in [1.82, 2.24) is 34.5 Å². The number of carbonyl (C=O) groups excluding carboxylic acids is 2. The van der Waals surface area contributed by atoms with Crippen LogP contribution in [0.5, 0.6) is 5.75 Å². The molecule has 6 aromatic rings. The molecule has 0 spiro atoms. The number of carbonyl (C=O) groups is 2. The molecule has 0 unspecified atom stereocenters. The van der Waals surface area contributed by atoms with Gasteiger partial charge < -0.3 is 19.5 Å². The Morgan fingerprint density at radius 3 is 2.65 bits per heavy atom. The van der Waals surface area contributed by atoms with E-state index in [1.807, 2.05) is 72.8 Å². The maximum Gasteiger partial charge on any atom is 0.257 e. The standard InChI is InChI=1S/C36H33F2N7O3S/c1-7-31(47)44-16-18(2)45-28(19(44)3)15-26(42-45)35-33(32-24(38)13-22(37)14-29(32)48-17-30(46)39-5)36-23(10-11-49-36)34(41-35)21-8-9-27-25(12-21)40-20(4)43(27)6/h7-15,18-19H,1,16-17H2,2-6H3,(H,39,46)/t18-,19+/m0/s1. The normalized spacial score (nSPS) is 15.9. The predicted molar refractivity (Wildman–Crippen MR) is 185 cm³/mol. The second kappa shape index (κ2) is 12.2. The molecule has 1 aliphatic heterocycles. The first kappa shape index (κ1) is 32.1. The highest BCUT2D eigenvalue weighted by Gasteiger charge is 2.34. The van der Waals surface area contributed by atoms with Gasteiger partial charge in [0.15, 0.2) is 6.61 Å². The topological polar surface area (TPSA) is 107 Å². The number of hydrogen-bond acceptors (Lipinski definition) is 7. The average Bonchev–Trinajstić information content (AvgIpc) is 3.82. The summed E-state index contributed by atoms with van der Waals surface area (Å²) in [5, 5.41) is 10.1. The summed E-state index contributed by atoms with van der Waals surface area (Å²) in [6.45, 7) is 9.45. The fourth-order valence-electron chi connectivity index (χ4n) is 6.52. The highest BCUT2D eigenvalue weighted by atomic mass is 32.1. The molecule has 10 nitrogen and oxygen atoms in total. The summed E-state index contributed by atoms with van der Waals surface area (Å²) in [6, 6.07) is 11.1. The van der Waals surface area contributed by atoms with Crippen molar-refractivity contribution in [2.75, 3.05) is 20.2 Å². The molecule has 1 N–H and O–H groups in total. The molecule has 49 heavy (non-hydrogen) atoms. The van der Waals surface area contributed by atoms with Gasteiger partial charge in [-0.3, -0.25) is 14.3 Å². The zero-order valence-corrected chi connectivity index (χ0v) is 28.4. The molecule has 7 rings (SSSR count). The summed E-state index contributed by atoms with van der Waals surface area (Å²) in [5.41, 5.74) is 5.04. The van der Waals surface area contributed by atoms with Gasteiger partial charge in [0.25, 0.3) is 5.91 Å². The van der Waals surface area contributed by atoms with E-state index in [9.17, 15) is 14.0 Å². The number of fused-ring (bicyclic) bond motifs is 3. The number of aryl methyl sites for hydroxylation is 2. The predicted octanol–water partition coefficient (Wildman–Crippen LogP) is 6.74. The number of thiophene rings is 1. The largest absolute Gasteiger partial charge is 0.483 e. The number of rotatable bonds is 7. The highest BCUT2D eigenvalue weighted by molar-refractivity contribution is 7.18. The lowest BCUT2D eigenvalue weighted by molar-refractivity contribution is -0.129. The SMILES string of the molecule is C=CC(=O)N1C[C@H](C)n2nc(-c3nc(-c4ccc5c(c4)nc(C)n5C)c4ccsc4c3-c3c(F)cc(F)cc3OCC(=O)NC)cc2[C@H]1C. The van der Waals surface area contributed by atoms with Gasteiger partial charge in [0.05, 0.1) is 40.1 Å². The maximum atomic E-state index is 16.2. The Balaban J connectivity index is 1.52. The first-order valence-electron chi connectivity index (χ1n) is 15.7. The van der Waals surface area contributed by atoms with Crippen LogP contribution in [0.3, 0.4) is 0 Å². The van der Waals surface area contributed by atoms with Crippen molar-refractivity contribution < 1.29 is 23.1 Å². The lowest BCUT2D eigenvalue weighted by Gasteiger charge is -2.36. The van der Waals surface area contributed by atoms with Gasteiger partial charge in [-0.15, -0.1) is 11.3 Å². The van der Waals surface area contributed by atoms with Crippen molar-refractivity contribution >= 4 is 44.3 Å². The first-order valence-corrected chi connectivity index (χ1v) is 16.6. The number of likely N-dealkylation sites (N-methyl/N-ethyl adjacent to an activating group) is 1. The molecule has 0 bridgehead atoms. The Hall–Kier alpha value is -5.43. The van der Waals surface area contributed by atoms with Gasteiger partial charge in [0.1, 0.15) is 34.6 Å². The van der Waals surface area contributed by atoms with Crippen LogP contribution in [0.15, 0.2) is 60.5 Å². The number of nitrogens with one attached hydrogen (secondary N) is 1. The number of hydrogen-bond donors (Lipinski definition) is 1. The minimum Gasteiger partial charge on any atom is -0.483 e. The summed E-state index contributed by atoms with van der Waals surface area (Å²) >= 11 is 1.38. The third kappa shape index (κ3) is 5.34. The Labute approximate surface area is 284 Å². The number of ether oxygens (including phenoxy) is 1. The fraction of sp³-hybridized carbons (Fsp3) is 0.250. The maximum absolute atomic E-state index is 16.2. The lowest BCUT2D eigenvalue weighted by atomic mass is 9.96. The van der Waals surface area contributed by atoms with E-state index in [1.54, 1.807) is 4.90 Å². The molecule has 2 atom stereocenters. The van der Waals surface area contributed by atoms with Gasteiger partial charge >= 0.3 is 0 Å². The van der Waals surface area contributed by atoms with Crippen LogP contribution in [0, 0.1) is 18.6 Å². The molecule has 0 saturated carbocycles. The number of halogens is 2. The van der Waals surface area contributed by atoms with Gasteiger partial charge in [-0.05, 0) is 56.5 Å². The van der Waals surface area contributed by atoms with Crippen LogP contribution in [0.2, 0.25) is 0 Å². The van der Waals surface area contributed by atoms with Crippen molar-refractivity contribution in [1.29, 1.82) is 0 Å². The molecule has 0 fully saturated rings. The minimum absolute atomic E-state index is 0.0434. The summed E-state index contributed by atoms with van der Waals surface area (Å²) in [7, 11) is 3.41. The Morgan fingerprint density at radius 1 is 1.10 bits per heavy atom. The van der Waals surface area contributed by atoms with E-state index in [4.69, 9.17) is 19.8 Å². The number of pyridine rings is 1. The summed E-state index contributed by atoms with van der Waals surface area (Å²) in [5.74, 6) is -1.67. The number of amides is 2. The fourth-order valence-corrected chi connectivity index (χ4v) is 7.47. The molecule has 5 heterocycles. The summed E-state index contributed by atoms with van der Waals surface area (Å²) in [4.78, 5) is 36.6. The second-order valence-corrected chi connectivity index (χ2v) is 13.0. The second-order valence-electron chi connectivity index (χ2n) is 12.1. The van der Waals surface area contributed by atoms with E-state index in [1.165, 1.54) is 24.5 Å². The first-order chi connectivity index (χ1) is 23.5. The van der Waals surface area contributed by atoms with E-state index >= 15 is 4.39 Å². The Bertz CT molecular complexity index is 2320. The van der Waals surface area contributed by atoms with Crippen LogP contribution in [-0.4, -0.2) is 61.2 Å². The van der Waals surface area contributed by atoms with E-state index < -0.39 is 24.1 Å². The molecular weight excluding hydrogens is 649 g/mol. The molecule has 13 heteroatoms. The van der Waals surface area contributed by atoms with Crippen LogP contribution in [0.25, 0.3) is 54.9 Å². The number of nitrogens with zero attached hydrogens (tertiary/aromatic N) is 6. The monoisotopic (exact) mass is 681 g/mol. The lowest BCUT2D eigenvalue weighted by Crippen LogP contribution is -2.42. The van der Waals surface area contributed by atoms with Crippen LogP contribution in [0.4, 0.5) is 8.78 Å². The van der Waals surface area contributed by atoms with Crippen LogP contribution >= 0.6 is 11.3 Å². The van der Waals surface area contributed by atoms with Gasteiger partial charge in [-0.2, -0.15) is 5.10 Å². The van der Waals surface area contributed by atoms with Gasteiger partial charge in [0, 0.05) is 54.0 Å². The van der Waals surface area contributed by atoms with Crippen molar-refractivity contribution in [3.63, 3.8) is 0 Å². The van der Waals surface area contributed by atoms with E-state index in [2.05, 4.69) is 11.9 Å². The van der Waals surface area contributed by atoms with Crippen molar-refractivity contribution in [2.45, 2.75) is 32.9 Å². The van der Waals surface area contributed by atoms with Gasteiger partial charge in [0.2, 0.25) is 5.91 Å². The molecular formula is C36H33F2N7O3S. The molecule has 250 valence electrons. The molecule has 1 aliphatic rings. The number of benzene rings is 2. The zero-order chi connectivity index (χ0) is 34.7. The van der Waals surface area contributed by atoms with E-state index in [-0.39, 0.29) is 29.3 Å². The van der Waals surface area contributed by atoms with Crippen molar-refractivity contribution in [3.8, 4) is 39.5 Å². The minimum atomic E-state index is -0.878.